The van der Waals surface area contributed by atoms with Gasteiger partial charge in [0.2, 0.25) is 0 Å². The Morgan fingerprint density at radius 3 is 2.38 bits per heavy atom. The first kappa shape index (κ1) is 17.2. The van der Waals surface area contributed by atoms with Crippen LogP contribution in [0.15, 0.2) is 59.5 Å². The van der Waals surface area contributed by atoms with E-state index in [0.29, 0.717) is 22.7 Å². The minimum absolute atomic E-state index is 0.344. The normalized spacial score (nSPS) is 16.5. The van der Waals surface area contributed by atoms with Gasteiger partial charge in [0.15, 0.2) is 0 Å². The van der Waals surface area contributed by atoms with Crippen LogP contribution in [0.5, 0.6) is 0 Å². The van der Waals surface area contributed by atoms with Gasteiger partial charge in [-0.05, 0) is 30.5 Å². The van der Waals surface area contributed by atoms with Crippen LogP contribution < -0.4 is 5.32 Å². The summed E-state index contributed by atoms with van der Waals surface area (Å²) in [5.74, 6) is -2.39. The number of likely N-dealkylation sites (tertiary alicyclic amines) is 1. The van der Waals surface area contributed by atoms with Gasteiger partial charge in [0.1, 0.15) is 0 Å². The van der Waals surface area contributed by atoms with Crippen LogP contribution in [0, 0.1) is 0 Å². The van der Waals surface area contributed by atoms with Gasteiger partial charge in [-0.15, -0.1) is 0 Å². The quantitative estimate of drug-likeness (QED) is 0.733. The molecule has 3 rings (SSSR count). The molecule has 0 spiro atoms. The van der Waals surface area contributed by atoms with Crippen LogP contribution >= 0.6 is 11.8 Å². The summed E-state index contributed by atoms with van der Waals surface area (Å²) in [5, 5.41) is 3.46. The molecular weight excluding hydrogens is 326 g/mol. The number of anilines is 1. The minimum Gasteiger partial charge on any atom is -0.381 e. The van der Waals surface area contributed by atoms with Crippen LogP contribution in [0.4, 0.5) is 14.5 Å². The van der Waals surface area contributed by atoms with E-state index in [1.165, 1.54) is 5.56 Å². The molecule has 0 aliphatic carbocycles. The molecule has 1 aliphatic heterocycles. The van der Waals surface area contributed by atoms with Crippen LogP contribution in [0.3, 0.4) is 0 Å². The van der Waals surface area contributed by atoms with Gasteiger partial charge in [-0.1, -0.05) is 54.2 Å². The molecule has 0 atom stereocenters. The molecule has 2 nitrogen and oxygen atoms in total. The summed E-state index contributed by atoms with van der Waals surface area (Å²) < 4.78 is 25.3. The summed E-state index contributed by atoms with van der Waals surface area (Å²) in [7, 11) is 0. The van der Waals surface area contributed by atoms with Gasteiger partial charge in [-0.3, -0.25) is 4.90 Å². The smallest absolute Gasteiger partial charge is 0.288 e. The van der Waals surface area contributed by atoms with Crippen molar-refractivity contribution in [3.05, 3.63) is 60.2 Å². The van der Waals surface area contributed by atoms with Crippen molar-refractivity contribution in [3.63, 3.8) is 0 Å². The second-order valence-electron chi connectivity index (χ2n) is 6.06. The Kier molecular flexibility index (Phi) is 6.10. The summed E-state index contributed by atoms with van der Waals surface area (Å²) in [5.41, 5.74) is 2.16. The SMILES string of the molecule is FC(F)Sc1ccccc1NC1CCN(Cc2ccccc2)CC1. The molecule has 24 heavy (non-hydrogen) atoms. The second-order valence-corrected chi connectivity index (χ2v) is 7.09. The monoisotopic (exact) mass is 348 g/mol. The van der Waals surface area contributed by atoms with Crippen LogP contribution in [-0.4, -0.2) is 29.8 Å². The first-order chi connectivity index (χ1) is 11.7. The van der Waals surface area contributed by atoms with E-state index in [9.17, 15) is 8.78 Å². The fraction of sp³-hybridized carbons (Fsp3) is 0.368. The topological polar surface area (TPSA) is 15.3 Å². The maximum atomic E-state index is 12.7. The lowest BCUT2D eigenvalue weighted by molar-refractivity contribution is 0.211. The lowest BCUT2D eigenvalue weighted by Crippen LogP contribution is -2.38. The Bertz CT molecular complexity index is 628. The zero-order chi connectivity index (χ0) is 16.8. The number of nitrogens with zero attached hydrogens (tertiary/aromatic N) is 1. The maximum absolute atomic E-state index is 12.7. The number of nitrogens with one attached hydrogen (secondary N) is 1. The number of halogens is 2. The molecule has 0 aromatic heterocycles. The van der Waals surface area contributed by atoms with Gasteiger partial charge in [0.05, 0.1) is 0 Å². The summed E-state index contributed by atoms with van der Waals surface area (Å²) in [6.45, 7) is 3.03. The molecule has 0 unspecified atom stereocenters. The Labute approximate surface area is 146 Å². The average Bonchev–Trinajstić information content (AvgIpc) is 2.59. The molecule has 1 aliphatic rings. The lowest BCUT2D eigenvalue weighted by atomic mass is 10.0. The van der Waals surface area contributed by atoms with Crippen molar-refractivity contribution in [2.45, 2.75) is 36.1 Å². The van der Waals surface area contributed by atoms with Crippen molar-refractivity contribution in [1.82, 2.24) is 4.90 Å². The van der Waals surface area contributed by atoms with E-state index in [1.54, 1.807) is 12.1 Å². The van der Waals surface area contributed by atoms with E-state index in [0.717, 1.165) is 38.2 Å². The third-order valence-electron chi connectivity index (χ3n) is 4.30. The van der Waals surface area contributed by atoms with Crippen LogP contribution in [0.2, 0.25) is 0 Å². The van der Waals surface area contributed by atoms with Gasteiger partial charge in [-0.25, -0.2) is 0 Å². The summed E-state index contributed by atoms with van der Waals surface area (Å²) in [6.07, 6.45) is 2.06. The molecule has 128 valence electrons. The molecule has 1 saturated heterocycles. The summed E-state index contributed by atoms with van der Waals surface area (Å²) >= 11 is 0.610. The van der Waals surface area contributed by atoms with Crippen molar-refractivity contribution in [2.75, 3.05) is 18.4 Å². The molecule has 5 heteroatoms. The molecule has 0 radical (unpaired) electrons. The molecule has 2 aromatic rings. The molecule has 0 saturated carbocycles. The highest BCUT2D eigenvalue weighted by Crippen LogP contribution is 2.32. The number of benzene rings is 2. The number of rotatable bonds is 6. The van der Waals surface area contributed by atoms with Gasteiger partial charge in [0.25, 0.3) is 5.76 Å². The lowest BCUT2D eigenvalue weighted by Gasteiger charge is -2.33. The highest BCUT2D eigenvalue weighted by molar-refractivity contribution is 7.99. The van der Waals surface area contributed by atoms with Gasteiger partial charge in [-0.2, -0.15) is 8.78 Å². The Morgan fingerprint density at radius 1 is 1.00 bits per heavy atom. The van der Waals surface area contributed by atoms with E-state index in [1.807, 2.05) is 18.2 Å². The van der Waals surface area contributed by atoms with Gasteiger partial charge < -0.3 is 5.32 Å². The molecule has 2 aromatic carbocycles. The van der Waals surface area contributed by atoms with Crippen molar-refractivity contribution >= 4 is 17.4 Å². The van der Waals surface area contributed by atoms with Crippen molar-refractivity contribution in [2.24, 2.45) is 0 Å². The Morgan fingerprint density at radius 2 is 1.67 bits per heavy atom. The maximum Gasteiger partial charge on any atom is 0.288 e. The third kappa shape index (κ3) is 4.95. The zero-order valence-corrected chi connectivity index (χ0v) is 14.3. The Balaban J connectivity index is 1.52. The van der Waals surface area contributed by atoms with Crippen molar-refractivity contribution < 1.29 is 8.78 Å². The van der Waals surface area contributed by atoms with E-state index in [4.69, 9.17) is 0 Å². The van der Waals surface area contributed by atoms with Crippen molar-refractivity contribution in [1.29, 1.82) is 0 Å². The van der Waals surface area contributed by atoms with Crippen LogP contribution in [0.25, 0.3) is 0 Å². The van der Waals surface area contributed by atoms with Crippen LogP contribution in [0.1, 0.15) is 18.4 Å². The van der Waals surface area contributed by atoms with Gasteiger partial charge in [0, 0.05) is 36.3 Å². The van der Waals surface area contributed by atoms with E-state index in [2.05, 4.69) is 34.5 Å². The number of piperidine rings is 1. The standard InChI is InChI=1S/C19H22F2N2S/c20-19(21)24-18-9-5-4-8-17(18)22-16-10-12-23(13-11-16)14-15-6-2-1-3-7-15/h1-9,16,19,22H,10-14H2. The van der Waals surface area contributed by atoms with E-state index >= 15 is 0 Å². The highest BCUT2D eigenvalue weighted by Gasteiger charge is 2.20. The van der Waals surface area contributed by atoms with E-state index in [-0.39, 0.29) is 0 Å². The van der Waals surface area contributed by atoms with Crippen LogP contribution in [-0.2, 0) is 6.54 Å². The summed E-state index contributed by atoms with van der Waals surface area (Å²) in [6, 6.07) is 18.2. The van der Waals surface area contributed by atoms with Crippen molar-refractivity contribution in [3.8, 4) is 0 Å². The molecule has 0 amide bonds. The summed E-state index contributed by atoms with van der Waals surface area (Å²) in [4.78, 5) is 3.08. The number of para-hydroxylation sites is 1. The highest BCUT2D eigenvalue weighted by atomic mass is 32.2. The molecule has 1 N–H and O–H groups in total. The number of hydrogen-bond acceptors (Lipinski definition) is 3. The first-order valence-electron chi connectivity index (χ1n) is 8.27. The second kappa shape index (κ2) is 8.49. The fourth-order valence-electron chi connectivity index (χ4n) is 3.08. The largest absolute Gasteiger partial charge is 0.381 e. The molecule has 1 fully saturated rings. The molecule has 0 bridgehead atoms. The third-order valence-corrected chi connectivity index (χ3v) is 5.09. The average molecular weight is 348 g/mol. The fourth-order valence-corrected chi connectivity index (χ4v) is 3.68. The van der Waals surface area contributed by atoms with Gasteiger partial charge >= 0.3 is 0 Å². The van der Waals surface area contributed by atoms with E-state index < -0.39 is 5.76 Å². The predicted molar refractivity (Wildman–Crippen MR) is 96.7 cm³/mol. The molecular formula is C19H22F2N2S. The minimum atomic E-state index is -2.39. The number of hydrogen-bond donors (Lipinski definition) is 1. The number of thioether (sulfide) groups is 1. The number of alkyl halides is 2. The molecule has 1 heterocycles. The Hall–Kier alpha value is -1.59. The predicted octanol–water partition coefficient (Wildman–Crippen LogP) is 5.08. The zero-order valence-electron chi connectivity index (χ0n) is 13.5. The first-order valence-corrected chi connectivity index (χ1v) is 9.15.